The number of nitrogens with zero attached hydrogens (tertiary/aromatic N) is 1. The fraction of sp³-hybridized carbons (Fsp3) is 0.350. The molecule has 0 radical (unpaired) electrons. The average molecular weight is 505 g/mol. The molecular formula is C20H26F2IN3O2. The number of guanidine groups is 1. The highest BCUT2D eigenvalue weighted by Gasteiger charge is 2.11. The van der Waals surface area contributed by atoms with Gasteiger partial charge in [0.2, 0.25) is 0 Å². The van der Waals surface area contributed by atoms with Crippen LogP contribution in [0.5, 0.6) is 11.5 Å². The van der Waals surface area contributed by atoms with Gasteiger partial charge in [-0.3, -0.25) is 4.99 Å². The lowest BCUT2D eigenvalue weighted by atomic mass is 10.1. The van der Waals surface area contributed by atoms with Crippen LogP contribution in [0.1, 0.15) is 16.7 Å². The van der Waals surface area contributed by atoms with Crippen LogP contribution in [0.25, 0.3) is 0 Å². The van der Waals surface area contributed by atoms with Gasteiger partial charge in [-0.15, -0.1) is 24.0 Å². The van der Waals surface area contributed by atoms with E-state index in [-0.39, 0.29) is 36.3 Å². The van der Waals surface area contributed by atoms with Crippen LogP contribution in [0, 0.1) is 6.92 Å². The molecule has 2 aromatic rings. The molecule has 0 fully saturated rings. The van der Waals surface area contributed by atoms with Gasteiger partial charge in [-0.25, -0.2) is 0 Å². The van der Waals surface area contributed by atoms with Gasteiger partial charge in [-0.1, -0.05) is 24.3 Å². The number of benzene rings is 2. The van der Waals surface area contributed by atoms with Gasteiger partial charge in [0.05, 0.1) is 7.11 Å². The minimum atomic E-state index is -2.89. The van der Waals surface area contributed by atoms with Crippen LogP contribution in [0.3, 0.4) is 0 Å². The minimum absolute atomic E-state index is 0. The number of rotatable bonds is 8. The highest BCUT2D eigenvalue weighted by Crippen LogP contribution is 2.25. The van der Waals surface area contributed by atoms with Gasteiger partial charge >= 0.3 is 6.61 Å². The van der Waals surface area contributed by atoms with E-state index in [0.29, 0.717) is 23.8 Å². The SMILES string of the molecule is CN=C(NCCc1ccccc1C)NCc1cc(OC)ccc1OC(F)F.I. The van der Waals surface area contributed by atoms with Crippen LogP contribution in [-0.4, -0.2) is 33.3 Å². The van der Waals surface area contributed by atoms with Gasteiger partial charge < -0.3 is 20.1 Å². The van der Waals surface area contributed by atoms with Gasteiger partial charge in [0.1, 0.15) is 11.5 Å². The van der Waals surface area contributed by atoms with E-state index in [9.17, 15) is 8.78 Å². The molecule has 2 rings (SSSR count). The minimum Gasteiger partial charge on any atom is -0.497 e. The lowest BCUT2D eigenvalue weighted by Crippen LogP contribution is -2.38. The molecule has 0 heterocycles. The third kappa shape index (κ3) is 7.49. The van der Waals surface area contributed by atoms with Crippen LogP contribution in [-0.2, 0) is 13.0 Å². The summed E-state index contributed by atoms with van der Waals surface area (Å²) in [6.07, 6.45) is 0.853. The van der Waals surface area contributed by atoms with Crippen molar-refractivity contribution in [1.29, 1.82) is 0 Å². The van der Waals surface area contributed by atoms with Gasteiger partial charge in [-0.05, 0) is 42.7 Å². The first-order chi connectivity index (χ1) is 13.0. The molecule has 0 bridgehead atoms. The topological polar surface area (TPSA) is 54.9 Å². The molecular weight excluding hydrogens is 479 g/mol. The van der Waals surface area contributed by atoms with Crippen molar-refractivity contribution in [1.82, 2.24) is 10.6 Å². The first-order valence-electron chi connectivity index (χ1n) is 8.64. The van der Waals surface area contributed by atoms with E-state index >= 15 is 0 Å². The Balaban J connectivity index is 0.00000392. The third-order valence-corrected chi connectivity index (χ3v) is 4.10. The van der Waals surface area contributed by atoms with Crippen molar-refractivity contribution < 1.29 is 18.3 Å². The monoisotopic (exact) mass is 505 g/mol. The molecule has 8 heteroatoms. The number of methoxy groups -OCH3 is 1. The highest BCUT2D eigenvalue weighted by atomic mass is 127. The summed E-state index contributed by atoms with van der Waals surface area (Å²) in [4.78, 5) is 4.16. The molecule has 0 saturated heterocycles. The Morgan fingerprint density at radius 3 is 2.50 bits per heavy atom. The number of nitrogens with one attached hydrogen (secondary N) is 2. The Morgan fingerprint density at radius 1 is 1.11 bits per heavy atom. The second kappa shape index (κ2) is 12.4. The number of ether oxygens (including phenoxy) is 2. The van der Waals surface area contributed by atoms with Gasteiger partial charge in [-0.2, -0.15) is 8.78 Å². The lowest BCUT2D eigenvalue weighted by Gasteiger charge is -2.15. The number of aliphatic imine (C=N–C) groups is 1. The van der Waals surface area contributed by atoms with Crippen LogP contribution < -0.4 is 20.1 Å². The zero-order chi connectivity index (χ0) is 19.6. The summed E-state index contributed by atoms with van der Waals surface area (Å²) in [6.45, 7) is 0.158. The van der Waals surface area contributed by atoms with Gasteiger partial charge in [0.25, 0.3) is 0 Å². The molecule has 5 nitrogen and oxygen atoms in total. The summed E-state index contributed by atoms with van der Waals surface area (Å²) in [5.74, 6) is 1.25. The predicted molar refractivity (Wildman–Crippen MR) is 118 cm³/mol. The van der Waals surface area contributed by atoms with Crippen LogP contribution in [0.15, 0.2) is 47.5 Å². The molecule has 0 spiro atoms. The zero-order valence-electron chi connectivity index (χ0n) is 16.2. The van der Waals surface area contributed by atoms with Crippen LogP contribution >= 0.6 is 24.0 Å². The van der Waals surface area contributed by atoms with Gasteiger partial charge in [0.15, 0.2) is 5.96 Å². The number of halogens is 3. The number of alkyl halides is 2. The largest absolute Gasteiger partial charge is 0.497 e. The predicted octanol–water partition coefficient (Wildman–Crippen LogP) is 4.13. The van der Waals surface area contributed by atoms with E-state index in [2.05, 4.69) is 39.4 Å². The molecule has 154 valence electrons. The summed E-state index contributed by atoms with van der Waals surface area (Å²) < 4.78 is 34.9. The Bertz CT molecular complexity index is 773. The van der Waals surface area contributed by atoms with E-state index in [1.54, 1.807) is 19.2 Å². The Morgan fingerprint density at radius 2 is 1.86 bits per heavy atom. The normalized spacial score (nSPS) is 11.0. The number of hydrogen-bond donors (Lipinski definition) is 2. The van der Waals surface area contributed by atoms with Crippen LogP contribution in [0.2, 0.25) is 0 Å². The van der Waals surface area contributed by atoms with Crippen molar-refractivity contribution in [3.63, 3.8) is 0 Å². The summed E-state index contributed by atoms with van der Waals surface area (Å²) in [6, 6.07) is 12.9. The maximum absolute atomic E-state index is 12.6. The van der Waals surface area contributed by atoms with E-state index < -0.39 is 6.61 Å². The van der Waals surface area contributed by atoms with E-state index in [1.807, 2.05) is 12.1 Å². The van der Waals surface area contributed by atoms with Crippen molar-refractivity contribution in [2.24, 2.45) is 4.99 Å². The van der Waals surface area contributed by atoms with Gasteiger partial charge in [0, 0.05) is 25.7 Å². The molecule has 0 atom stereocenters. The van der Waals surface area contributed by atoms with Crippen molar-refractivity contribution in [2.75, 3.05) is 20.7 Å². The Kier molecular flexibility index (Phi) is 10.6. The Hall–Kier alpha value is -2.10. The quantitative estimate of drug-likeness (QED) is 0.322. The summed E-state index contributed by atoms with van der Waals surface area (Å²) >= 11 is 0. The number of aryl methyl sites for hydroxylation is 1. The lowest BCUT2D eigenvalue weighted by molar-refractivity contribution is -0.0504. The molecule has 0 unspecified atom stereocenters. The molecule has 28 heavy (non-hydrogen) atoms. The summed E-state index contributed by atoms with van der Waals surface area (Å²) in [5, 5.41) is 6.33. The maximum atomic E-state index is 12.6. The molecule has 2 aromatic carbocycles. The first-order valence-corrected chi connectivity index (χ1v) is 8.64. The van der Waals surface area contributed by atoms with E-state index in [1.165, 1.54) is 24.3 Å². The molecule has 2 N–H and O–H groups in total. The molecule has 0 aromatic heterocycles. The molecule has 0 aliphatic carbocycles. The van der Waals surface area contributed by atoms with Crippen molar-refractivity contribution >= 4 is 29.9 Å². The Labute approximate surface area is 181 Å². The van der Waals surface area contributed by atoms with Crippen molar-refractivity contribution in [3.8, 4) is 11.5 Å². The maximum Gasteiger partial charge on any atom is 0.387 e. The van der Waals surface area contributed by atoms with Crippen LogP contribution in [0.4, 0.5) is 8.78 Å². The average Bonchev–Trinajstić information content (AvgIpc) is 2.66. The molecule has 0 amide bonds. The van der Waals surface area contributed by atoms with Crippen molar-refractivity contribution in [2.45, 2.75) is 26.5 Å². The van der Waals surface area contributed by atoms with E-state index in [0.717, 1.165) is 6.42 Å². The molecule has 0 aliphatic heterocycles. The highest BCUT2D eigenvalue weighted by molar-refractivity contribution is 14.0. The standard InChI is InChI=1S/C20H25F2N3O2.HI/c1-14-6-4-5-7-15(14)10-11-24-20(23-2)25-13-16-12-17(26-3)8-9-18(16)27-19(21)22;/h4-9,12,19H,10-11,13H2,1-3H3,(H2,23,24,25);1H. The second-order valence-corrected chi connectivity index (χ2v) is 5.88. The molecule has 0 saturated carbocycles. The zero-order valence-corrected chi connectivity index (χ0v) is 18.5. The third-order valence-electron chi connectivity index (χ3n) is 4.10. The fourth-order valence-electron chi connectivity index (χ4n) is 2.64. The first kappa shape index (κ1) is 23.9. The summed E-state index contributed by atoms with van der Waals surface area (Å²) in [7, 11) is 3.18. The van der Waals surface area contributed by atoms with Crippen molar-refractivity contribution in [3.05, 3.63) is 59.2 Å². The summed E-state index contributed by atoms with van der Waals surface area (Å²) in [5.41, 5.74) is 3.06. The van der Waals surface area contributed by atoms with E-state index in [4.69, 9.17) is 4.74 Å². The fourth-order valence-corrected chi connectivity index (χ4v) is 2.64. The smallest absolute Gasteiger partial charge is 0.387 e. The number of hydrogen-bond acceptors (Lipinski definition) is 3. The molecule has 0 aliphatic rings. The second-order valence-electron chi connectivity index (χ2n) is 5.88.